The van der Waals surface area contributed by atoms with Gasteiger partial charge in [0.25, 0.3) is 0 Å². The Hall–Kier alpha value is 1.51. The van der Waals surface area contributed by atoms with Gasteiger partial charge in [0.2, 0.25) is 0 Å². The van der Waals surface area contributed by atoms with Crippen molar-refractivity contribution in [1.82, 2.24) is 0 Å². The minimum atomic E-state index is 0. The molecule has 0 radical (unpaired) electrons. The Morgan fingerprint density at radius 3 is 1.25 bits per heavy atom. The Balaban J connectivity index is -0.00000000500. The molecule has 0 atom stereocenters. The molecule has 4 heteroatoms. The summed E-state index contributed by atoms with van der Waals surface area (Å²) in [5.74, 6) is 0. The standard InChI is InChI=1S/In.O.H4Si.Zn.3H/h;;1H4;;;;. The molecule has 0 N–H and O–H groups in total. The van der Waals surface area contributed by atoms with Gasteiger partial charge in [0.15, 0.2) is 0 Å². The molecule has 0 heterocycles. The fourth-order valence-corrected chi connectivity index (χ4v) is 0. The summed E-state index contributed by atoms with van der Waals surface area (Å²) < 4.78 is 8.38. The van der Waals surface area contributed by atoms with Crippen LogP contribution in [0.4, 0.5) is 0 Å². The van der Waals surface area contributed by atoms with Crippen molar-refractivity contribution < 1.29 is 21.8 Å². The third kappa shape index (κ3) is 9.70. The first kappa shape index (κ1) is 17.8. The van der Waals surface area contributed by atoms with Gasteiger partial charge in [-0.3, -0.25) is 0 Å². The zero-order valence-corrected chi connectivity index (χ0v) is 4.08. The molecule has 0 unspecified atom stereocenters. The Kier molecular flexibility index (Phi) is 108. The molecule has 0 rings (SSSR count). The van der Waals surface area contributed by atoms with Crippen molar-refractivity contribution in [3.05, 3.63) is 0 Å². The maximum absolute atomic E-state index is 8.38. The molecule has 0 aromatic carbocycles. The molecular weight excluding hydrogens is 224 g/mol. The molecule has 0 saturated carbocycles. The Bertz CT molecular complexity index is 8.00. The van der Waals surface area contributed by atoms with E-state index < -0.39 is 0 Å². The van der Waals surface area contributed by atoms with E-state index in [-0.39, 0.29) is 55.1 Å². The Morgan fingerprint density at radius 2 is 1.25 bits per heavy atom. The minimum Gasteiger partial charge on any atom is -0.0149 e. The van der Waals surface area contributed by atoms with E-state index in [2.05, 4.69) is 0 Å². The van der Waals surface area contributed by atoms with Gasteiger partial charge >= 0.3 is 47.7 Å². The fraction of sp³-hybridized carbons (Fsp3) is 0. The van der Waals surface area contributed by atoms with Gasteiger partial charge in [-0.2, -0.15) is 0 Å². The van der Waals surface area contributed by atoms with Crippen molar-refractivity contribution in [3.8, 4) is 0 Å². The maximum Gasteiger partial charge on any atom is -0.0149 e. The predicted octanol–water partition coefficient (Wildman–Crippen LogP) is -2.76. The molecule has 0 saturated heterocycles. The van der Waals surface area contributed by atoms with E-state index in [9.17, 15) is 0 Å². The topological polar surface area (TPSA) is 17.1 Å². The second-order valence-electron chi connectivity index (χ2n) is 0. The molecule has 1 nitrogen and oxygen atoms in total. The maximum atomic E-state index is 8.38. The van der Waals surface area contributed by atoms with Gasteiger partial charge in [0.1, 0.15) is 0 Å². The minimum absolute atomic E-state index is 0. The molecule has 0 aromatic rings. The summed E-state index contributed by atoms with van der Waals surface area (Å²) in [6, 6.07) is 0. The summed E-state index contributed by atoms with van der Waals surface area (Å²) in [6.07, 6.45) is 0. The molecule has 0 spiro atoms. The number of rotatable bonds is 0. The first-order chi connectivity index (χ1) is 1.00. The molecule has 0 aromatic heterocycles. The van der Waals surface area contributed by atoms with Crippen molar-refractivity contribution >= 4 is 36.8 Å². The molecular formula is H7InOSiZn. The van der Waals surface area contributed by atoms with E-state index in [4.69, 9.17) is 3.57 Å². The van der Waals surface area contributed by atoms with Crippen LogP contribution < -0.4 is 0 Å². The van der Waals surface area contributed by atoms with Crippen LogP contribution in [0.15, 0.2) is 0 Å². The van der Waals surface area contributed by atoms with Crippen molar-refractivity contribution in [3.63, 3.8) is 0 Å². The van der Waals surface area contributed by atoms with Gasteiger partial charge in [-0.15, -0.1) is 0 Å². The summed E-state index contributed by atoms with van der Waals surface area (Å²) in [5.41, 5.74) is 0. The molecule has 0 bridgehead atoms. The third-order valence-electron chi connectivity index (χ3n) is 0. The van der Waals surface area contributed by atoms with Gasteiger partial charge in [-0.25, -0.2) is 0 Å². The van der Waals surface area contributed by atoms with Gasteiger partial charge in [-0.05, 0) is 11.0 Å². The molecule has 22 valence electrons. The Labute approximate surface area is 58.3 Å². The fourth-order valence-electron chi connectivity index (χ4n) is 0. The average molecular weight is 231 g/mol. The quantitative estimate of drug-likeness (QED) is 0.413. The van der Waals surface area contributed by atoms with Crippen LogP contribution in [0.1, 0.15) is 0 Å². The van der Waals surface area contributed by atoms with Crippen molar-refractivity contribution in [2.24, 2.45) is 0 Å². The normalized spacial score (nSPS) is 1.50. The van der Waals surface area contributed by atoms with Gasteiger partial charge in [0, 0.05) is 0 Å². The van der Waals surface area contributed by atoms with Crippen LogP contribution in [0.3, 0.4) is 0 Å². The zero-order valence-electron chi connectivity index (χ0n) is 1.12. The van der Waals surface area contributed by atoms with Crippen LogP contribution >= 0.6 is 0 Å². The molecule has 0 fully saturated rings. The van der Waals surface area contributed by atoms with E-state index >= 15 is 0 Å². The van der Waals surface area contributed by atoms with Crippen LogP contribution in [0, 0.1) is 0 Å². The van der Waals surface area contributed by atoms with Crippen LogP contribution in [0.25, 0.3) is 0 Å². The average Bonchev–Trinajstić information content (AvgIpc) is 1.00. The molecule has 0 aliphatic heterocycles. The summed E-state index contributed by atoms with van der Waals surface area (Å²) >= 11 is 0.125. The van der Waals surface area contributed by atoms with E-state index in [0.717, 1.165) is 0 Å². The third-order valence-corrected chi connectivity index (χ3v) is 0. The van der Waals surface area contributed by atoms with Gasteiger partial charge < -0.3 is 0 Å². The van der Waals surface area contributed by atoms with Crippen LogP contribution in [0.5, 0.6) is 0 Å². The Morgan fingerprint density at radius 1 is 1.25 bits per heavy atom. The summed E-state index contributed by atoms with van der Waals surface area (Å²) in [7, 11) is 0. The van der Waals surface area contributed by atoms with Crippen molar-refractivity contribution in [1.29, 1.82) is 0 Å². The van der Waals surface area contributed by atoms with Gasteiger partial charge in [0.05, 0.1) is 0 Å². The van der Waals surface area contributed by atoms with Gasteiger partial charge in [-0.1, -0.05) is 0 Å². The SMILES string of the molecule is [InH3].[O]=[Zn].[SiH4]. The second kappa shape index (κ2) is 24.4. The second-order valence-corrected chi connectivity index (χ2v) is 0. The van der Waals surface area contributed by atoms with E-state index in [1.807, 2.05) is 0 Å². The molecule has 4 heavy (non-hydrogen) atoms. The number of hydrogen-bond acceptors (Lipinski definition) is 1. The van der Waals surface area contributed by atoms with Crippen molar-refractivity contribution in [2.45, 2.75) is 0 Å². The van der Waals surface area contributed by atoms with Crippen LogP contribution in [-0.4, -0.2) is 36.8 Å². The first-order valence-electron chi connectivity index (χ1n) is 0.289. The van der Waals surface area contributed by atoms with E-state index in [1.165, 1.54) is 0 Å². The van der Waals surface area contributed by atoms with Crippen LogP contribution in [-0.2, 0) is 21.8 Å². The van der Waals surface area contributed by atoms with E-state index in [1.54, 1.807) is 0 Å². The summed E-state index contributed by atoms with van der Waals surface area (Å²) in [6.45, 7) is 0. The largest absolute Gasteiger partial charge is 0.0149 e. The van der Waals surface area contributed by atoms with Crippen LogP contribution in [0.2, 0.25) is 0 Å². The molecule has 0 amide bonds. The zero-order chi connectivity index (χ0) is 2.00. The van der Waals surface area contributed by atoms with E-state index in [0.29, 0.717) is 0 Å². The monoisotopic (exact) mass is 230 g/mol. The molecule has 0 aliphatic carbocycles. The van der Waals surface area contributed by atoms with Crippen molar-refractivity contribution in [2.75, 3.05) is 0 Å². The summed E-state index contributed by atoms with van der Waals surface area (Å²) in [4.78, 5) is 0. The molecule has 0 aliphatic rings. The first-order valence-corrected chi connectivity index (χ1v) is 1.50. The number of hydrogen-bond donors (Lipinski definition) is 0. The summed E-state index contributed by atoms with van der Waals surface area (Å²) in [5, 5.41) is 0. The smallest absolute Gasteiger partial charge is 0.0149 e. The predicted molar refractivity (Wildman–Crippen MR) is 22.0 cm³/mol.